The van der Waals surface area contributed by atoms with Crippen LogP contribution in [0.1, 0.15) is 55.6 Å². The molecule has 2 aromatic rings. The third kappa shape index (κ3) is 2.70. The summed E-state index contributed by atoms with van der Waals surface area (Å²) in [7, 11) is 0. The van der Waals surface area contributed by atoms with Gasteiger partial charge in [-0.3, -0.25) is 9.38 Å². The number of nitrogens with one attached hydrogen (secondary N) is 1. The van der Waals surface area contributed by atoms with Gasteiger partial charge in [-0.25, -0.2) is 4.98 Å². The van der Waals surface area contributed by atoms with Crippen molar-refractivity contribution in [1.29, 1.82) is 0 Å². The fraction of sp³-hybridized carbons (Fsp3) is 0.600. The number of ether oxygens (including phenoxy) is 1. The van der Waals surface area contributed by atoms with Crippen LogP contribution in [0.2, 0.25) is 0 Å². The number of rotatable bonds is 2. The highest BCUT2D eigenvalue weighted by Crippen LogP contribution is 2.38. The SMILES string of the molecule is C[C@@H]1C[C@@H](c2cn3c4c(ncc3n2)CC=C4C2CCOCC2)CCN1. The highest BCUT2D eigenvalue weighted by molar-refractivity contribution is 5.73. The van der Waals surface area contributed by atoms with Crippen LogP contribution in [-0.2, 0) is 11.2 Å². The Morgan fingerprint density at radius 1 is 1.20 bits per heavy atom. The number of aromatic nitrogens is 3. The summed E-state index contributed by atoms with van der Waals surface area (Å²) in [5.41, 5.74) is 6.22. The normalized spacial score (nSPS) is 27.5. The molecule has 2 aliphatic heterocycles. The number of hydrogen-bond acceptors (Lipinski definition) is 4. The van der Waals surface area contributed by atoms with E-state index in [1.54, 1.807) is 0 Å². The molecule has 0 spiro atoms. The Labute approximate surface area is 148 Å². The predicted molar refractivity (Wildman–Crippen MR) is 97.7 cm³/mol. The topological polar surface area (TPSA) is 51.5 Å². The minimum Gasteiger partial charge on any atom is -0.381 e. The summed E-state index contributed by atoms with van der Waals surface area (Å²) in [6.45, 7) is 5.11. The smallest absolute Gasteiger partial charge is 0.156 e. The molecule has 1 N–H and O–H groups in total. The molecule has 4 heterocycles. The van der Waals surface area contributed by atoms with E-state index >= 15 is 0 Å². The molecule has 5 rings (SSSR count). The molecule has 3 aliphatic rings. The van der Waals surface area contributed by atoms with Crippen molar-refractivity contribution in [1.82, 2.24) is 19.7 Å². The summed E-state index contributed by atoms with van der Waals surface area (Å²) < 4.78 is 7.88. The van der Waals surface area contributed by atoms with Crippen molar-refractivity contribution in [3.8, 4) is 0 Å². The number of piperidine rings is 1. The van der Waals surface area contributed by atoms with Crippen LogP contribution in [0.25, 0.3) is 11.2 Å². The van der Waals surface area contributed by atoms with Crippen molar-refractivity contribution >= 4 is 11.2 Å². The molecule has 0 amide bonds. The van der Waals surface area contributed by atoms with Crippen molar-refractivity contribution in [3.63, 3.8) is 0 Å². The fourth-order valence-electron chi connectivity index (χ4n) is 4.74. The first-order valence-corrected chi connectivity index (χ1v) is 9.68. The van der Waals surface area contributed by atoms with E-state index in [1.807, 2.05) is 6.20 Å². The molecule has 0 unspecified atom stereocenters. The maximum Gasteiger partial charge on any atom is 0.156 e. The summed E-state index contributed by atoms with van der Waals surface area (Å²) in [6.07, 6.45) is 12.2. The largest absolute Gasteiger partial charge is 0.381 e. The molecule has 0 radical (unpaired) electrons. The summed E-state index contributed by atoms with van der Waals surface area (Å²) >= 11 is 0. The summed E-state index contributed by atoms with van der Waals surface area (Å²) in [5.74, 6) is 1.16. The number of allylic oxidation sites excluding steroid dienone is 2. The quantitative estimate of drug-likeness (QED) is 0.915. The molecule has 0 bridgehead atoms. The molecule has 5 heteroatoms. The van der Waals surface area contributed by atoms with Gasteiger partial charge < -0.3 is 10.1 Å². The van der Waals surface area contributed by atoms with Gasteiger partial charge in [-0.1, -0.05) is 6.08 Å². The van der Waals surface area contributed by atoms with E-state index in [4.69, 9.17) is 14.7 Å². The number of fused-ring (bicyclic) bond motifs is 3. The molecule has 1 aliphatic carbocycles. The third-order valence-electron chi connectivity index (χ3n) is 6.09. The molecule has 2 atom stereocenters. The van der Waals surface area contributed by atoms with E-state index in [0.29, 0.717) is 17.9 Å². The third-order valence-corrected chi connectivity index (χ3v) is 6.09. The zero-order chi connectivity index (χ0) is 16.8. The predicted octanol–water partition coefficient (Wildman–Crippen LogP) is 2.95. The number of hydrogen-bond donors (Lipinski definition) is 1. The average molecular weight is 338 g/mol. The number of imidazole rings is 1. The molecule has 2 fully saturated rings. The van der Waals surface area contributed by atoms with Crippen molar-refractivity contribution in [3.05, 3.63) is 35.6 Å². The van der Waals surface area contributed by atoms with Crippen molar-refractivity contribution in [2.75, 3.05) is 19.8 Å². The van der Waals surface area contributed by atoms with E-state index < -0.39 is 0 Å². The highest BCUT2D eigenvalue weighted by Gasteiger charge is 2.29. The highest BCUT2D eigenvalue weighted by atomic mass is 16.5. The van der Waals surface area contributed by atoms with Gasteiger partial charge >= 0.3 is 0 Å². The Hall–Kier alpha value is -1.72. The Bertz CT molecular complexity index is 818. The van der Waals surface area contributed by atoms with E-state index in [1.165, 1.54) is 35.5 Å². The Morgan fingerprint density at radius 2 is 2.08 bits per heavy atom. The van der Waals surface area contributed by atoms with Crippen LogP contribution < -0.4 is 5.32 Å². The van der Waals surface area contributed by atoms with E-state index in [0.717, 1.165) is 44.7 Å². The molecule has 0 saturated carbocycles. The lowest BCUT2D eigenvalue weighted by molar-refractivity contribution is 0.0807. The summed E-state index contributed by atoms with van der Waals surface area (Å²) in [5, 5.41) is 3.54. The number of nitrogens with zero attached hydrogens (tertiary/aromatic N) is 3. The van der Waals surface area contributed by atoms with Gasteiger partial charge in [0.2, 0.25) is 0 Å². The van der Waals surface area contributed by atoms with Crippen molar-refractivity contribution in [2.24, 2.45) is 5.92 Å². The zero-order valence-corrected chi connectivity index (χ0v) is 14.9. The average Bonchev–Trinajstić information content (AvgIpc) is 3.26. The van der Waals surface area contributed by atoms with Gasteiger partial charge in [-0.15, -0.1) is 0 Å². The van der Waals surface area contributed by atoms with Gasteiger partial charge in [-0.05, 0) is 50.6 Å². The standard InChI is InChI=1S/C20H26N4O/c1-13-10-15(4-7-21-13)18-12-24-19(23-18)11-22-17-3-2-16(20(17)24)14-5-8-25-9-6-14/h2,11-15,21H,3-10H2,1H3/t13-,15+/m1/s1. The van der Waals surface area contributed by atoms with E-state index in [2.05, 4.69) is 28.9 Å². The first-order chi connectivity index (χ1) is 12.3. The Kier molecular flexibility index (Phi) is 3.86. The van der Waals surface area contributed by atoms with Crippen LogP contribution in [0.4, 0.5) is 0 Å². The molecule has 0 aromatic carbocycles. The van der Waals surface area contributed by atoms with E-state index in [-0.39, 0.29) is 0 Å². The Morgan fingerprint density at radius 3 is 2.92 bits per heavy atom. The molecule has 2 saturated heterocycles. The molecule has 132 valence electrons. The lowest BCUT2D eigenvalue weighted by atomic mass is 9.90. The van der Waals surface area contributed by atoms with Gasteiger partial charge in [0.25, 0.3) is 0 Å². The molecule has 2 aromatic heterocycles. The molecular formula is C20H26N4O. The second kappa shape index (κ2) is 6.22. The van der Waals surface area contributed by atoms with Gasteiger partial charge in [0.15, 0.2) is 5.65 Å². The van der Waals surface area contributed by atoms with Gasteiger partial charge in [-0.2, -0.15) is 0 Å². The minimum atomic E-state index is 0.559. The van der Waals surface area contributed by atoms with Crippen molar-refractivity contribution in [2.45, 2.75) is 51.0 Å². The van der Waals surface area contributed by atoms with Crippen LogP contribution in [0, 0.1) is 5.92 Å². The lowest BCUT2D eigenvalue weighted by Crippen LogP contribution is -2.34. The van der Waals surface area contributed by atoms with Crippen molar-refractivity contribution < 1.29 is 4.74 Å². The Balaban J connectivity index is 1.53. The van der Waals surface area contributed by atoms with Gasteiger partial charge in [0.05, 0.1) is 23.3 Å². The lowest BCUT2D eigenvalue weighted by Gasteiger charge is -2.26. The van der Waals surface area contributed by atoms with Crippen LogP contribution in [0.3, 0.4) is 0 Å². The fourth-order valence-corrected chi connectivity index (χ4v) is 4.74. The summed E-state index contributed by atoms with van der Waals surface area (Å²) in [6, 6.07) is 0.574. The first kappa shape index (κ1) is 15.5. The maximum absolute atomic E-state index is 5.56. The van der Waals surface area contributed by atoms with Crippen LogP contribution in [0.5, 0.6) is 0 Å². The summed E-state index contributed by atoms with van der Waals surface area (Å²) in [4.78, 5) is 9.68. The van der Waals surface area contributed by atoms with Crippen LogP contribution >= 0.6 is 0 Å². The second-order valence-electron chi connectivity index (χ2n) is 7.77. The monoisotopic (exact) mass is 338 g/mol. The van der Waals surface area contributed by atoms with E-state index in [9.17, 15) is 0 Å². The minimum absolute atomic E-state index is 0.559. The molecule has 25 heavy (non-hydrogen) atoms. The van der Waals surface area contributed by atoms with Crippen LogP contribution in [-0.4, -0.2) is 40.2 Å². The zero-order valence-electron chi connectivity index (χ0n) is 14.9. The van der Waals surface area contributed by atoms with Gasteiger partial charge in [0.1, 0.15) is 0 Å². The van der Waals surface area contributed by atoms with Crippen LogP contribution in [0.15, 0.2) is 18.5 Å². The second-order valence-corrected chi connectivity index (χ2v) is 7.77. The first-order valence-electron chi connectivity index (χ1n) is 9.68. The molecule has 5 nitrogen and oxygen atoms in total. The maximum atomic E-state index is 5.56. The molecular weight excluding hydrogens is 312 g/mol. The van der Waals surface area contributed by atoms with Gasteiger partial charge in [0, 0.05) is 37.8 Å².